The minimum atomic E-state index is -0.982. The fourth-order valence-electron chi connectivity index (χ4n) is 2.14. The molecule has 0 amide bonds. The number of benzene rings is 2. The molecule has 0 aliphatic heterocycles. The van der Waals surface area contributed by atoms with Gasteiger partial charge in [-0.25, -0.2) is 8.78 Å². The Morgan fingerprint density at radius 2 is 1.54 bits per heavy atom. The zero-order chi connectivity index (χ0) is 18.7. The second-order valence-corrected chi connectivity index (χ2v) is 5.32. The predicted molar refractivity (Wildman–Crippen MR) is 88.3 cm³/mol. The van der Waals surface area contributed by atoms with Gasteiger partial charge in [-0.1, -0.05) is 12.1 Å². The van der Waals surface area contributed by atoms with Gasteiger partial charge in [0, 0.05) is 11.6 Å². The number of ether oxygens (including phenoxy) is 2. The van der Waals surface area contributed by atoms with Crippen LogP contribution in [0.2, 0.25) is 0 Å². The van der Waals surface area contributed by atoms with Crippen molar-refractivity contribution >= 4 is 0 Å². The molecule has 7 heteroatoms. The van der Waals surface area contributed by atoms with E-state index in [2.05, 4.69) is 4.98 Å². The van der Waals surface area contributed by atoms with E-state index in [1.807, 2.05) is 6.07 Å². The van der Waals surface area contributed by atoms with Crippen LogP contribution in [0.3, 0.4) is 0 Å². The molecule has 0 radical (unpaired) electrons. The molecule has 0 atom stereocenters. The normalized spacial score (nSPS) is 10.2. The minimum Gasteiger partial charge on any atom is -0.508 e. The maximum atomic E-state index is 14.3. The SMILES string of the molecule is Cc1c(F)c(Oc2cccc(O)c2)nc(Oc2cccc(C#N)c2)c1F. The lowest BCUT2D eigenvalue weighted by atomic mass is 10.2. The molecule has 0 saturated carbocycles. The van der Waals surface area contributed by atoms with Crippen LogP contribution in [-0.2, 0) is 0 Å². The molecular weight excluding hydrogens is 342 g/mol. The highest BCUT2D eigenvalue weighted by Gasteiger charge is 2.21. The number of phenols is 1. The lowest BCUT2D eigenvalue weighted by molar-refractivity contribution is 0.371. The summed E-state index contributed by atoms with van der Waals surface area (Å²) < 4.78 is 39.3. The van der Waals surface area contributed by atoms with Crippen molar-refractivity contribution in [1.29, 1.82) is 5.26 Å². The Morgan fingerprint density at radius 1 is 0.962 bits per heavy atom. The first kappa shape index (κ1) is 17.2. The quantitative estimate of drug-likeness (QED) is 0.726. The summed E-state index contributed by atoms with van der Waals surface area (Å²) in [5, 5.41) is 18.4. The molecule has 130 valence electrons. The summed E-state index contributed by atoms with van der Waals surface area (Å²) in [5.41, 5.74) is -0.0143. The van der Waals surface area contributed by atoms with Crippen molar-refractivity contribution in [3.63, 3.8) is 0 Å². The van der Waals surface area contributed by atoms with Gasteiger partial charge in [0.05, 0.1) is 11.6 Å². The third kappa shape index (κ3) is 3.54. The van der Waals surface area contributed by atoms with E-state index in [-0.39, 0.29) is 22.8 Å². The first-order valence-corrected chi connectivity index (χ1v) is 7.48. The second-order valence-electron chi connectivity index (χ2n) is 5.32. The van der Waals surface area contributed by atoms with Crippen LogP contribution < -0.4 is 9.47 Å². The first-order chi connectivity index (χ1) is 12.5. The van der Waals surface area contributed by atoms with Gasteiger partial charge in [0.1, 0.15) is 17.2 Å². The number of pyridine rings is 1. The third-order valence-electron chi connectivity index (χ3n) is 3.45. The van der Waals surface area contributed by atoms with Gasteiger partial charge in [-0.05, 0) is 37.3 Å². The van der Waals surface area contributed by atoms with Crippen LogP contribution in [0.5, 0.6) is 29.0 Å². The molecule has 2 aromatic carbocycles. The average molecular weight is 354 g/mol. The van der Waals surface area contributed by atoms with Gasteiger partial charge in [-0.2, -0.15) is 10.2 Å². The highest BCUT2D eigenvalue weighted by molar-refractivity contribution is 5.41. The molecule has 0 aliphatic rings. The Hall–Kier alpha value is -3.66. The van der Waals surface area contributed by atoms with Gasteiger partial charge >= 0.3 is 0 Å². The van der Waals surface area contributed by atoms with Crippen molar-refractivity contribution in [1.82, 2.24) is 4.98 Å². The van der Waals surface area contributed by atoms with E-state index in [0.29, 0.717) is 5.56 Å². The van der Waals surface area contributed by atoms with Crippen LogP contribution in [-0.4, -0.2) is 10.1 Å². The van der Waals surface area contributed by atoms with Gasteiger partial charge in [0.2, 0.25) is 0 Å². The highest BCUT2D eigenvalue weighted by atomic mass is 19.1. The van der Waals surface area contributed by atoms with Gasteiger partial charge < -0.3 is 14.6 Å². The zero-order valence-electron chi connectivity index (χ0n) is 13.5. The average Bonchev–Trinajstić information content (AvgIpc) is 2.64. The smallest absolute Gasteiger partial charge is 0.259 e. The van der Waals surface area contributed by atoms with E-state index in [0.717, 1.165) is 0 Å². The molecule has 0 unspecified atom stereocenters. The fraction of sp³-hybridized carbons (Fsp3) is 0.0526. The first-order valence-electron chi connectivity index (χ1n) is 7.48. The number of nitrogens with zero attached hydrogens (tertiary/aromatic N) is 2. The minimum absolute atomic E-state index is 0.0773. The molecule has 1 N–H and O–H groups in total. The number of nitriles is 1. The summed E-state index contributed by atoms with van der Waals surface area (Å²) in [6.07, 6.45) is 0. The zero-order valence-corrected chi connectivity index (χ0v) is 13.5. The van der Waals surface area contributed by atoms with Crippen molar-refractivity contribution in [3.05, 3.63) is 71.3 Å². The van der Waals surface area contributed by atoms with Crippen LogP contribution in [0.25, 0.3) is 0 Å². The van der Waals surface area contributed by atoms with E-state index in [9.17, 15) is 13.9 Å². The molecule has 5 nitrogen and oxygen atoms in total. The lowest BCUT2D eigenvalue weighted by Crippen LogP contribution is -2.02. The number of aromatic nitrogens is 1. The Bertz CT molecular complexity index is 1020. The summed E-state index contributed by atoms with van der Waals surface area (Å²) in [4.78, 5) is 3.75. The molecule has 0 bridgehead atoms. The molecule has 0 saturated heterocycles. The monoisotopic (exact) mass is 354 g/mol. The third-order valence-corrected chi connectivity index (χ3v) is 3.45. The number of phenolic OH excluding ortho intramolecular Hbond substituents is 1. The number of halogens is 2. The van der Waals surface area contributed by atoms with E-state index in [1.54, 1.807) is 12.1 Å². The maximum Gasteiger partial charge on any atom is 0.259 e. The standard InChI is InChI=1S/C19H12F2N2O3/c1-11-16(20)18(25-14-6-2-4-12(8-14)10-22)23-19(17(11)21)26-15-7-3-5-13(24)9-15/h2-9,24H,1H3. The van der Waals surface area contributed by atoms with E-state index in [4.69, 9.17) is 14.7 Å². The van der Waals surface area contributed by atoms with Crippen LogP contribution >= 0.6 is 0 Å². The van der Waals surface area contributed by atoms with Crippen LogP contribution in [0.15, 0.2) is 48.5 Å². The molecular formula is C19H12F2N2O3. The lowest BCUT2D eigenvalue weighted by Gasteiger charge is -2.12. The van der Waals surface area contributed by atoms with E-state index in [1.165, 1.54) is 43.3 Å². The van der Waals surface area contributed by atoms with Crippen molar-refractivity contribution < 1.29 is 23.4 Å². The van der Waals surface area contributed by atoms with Gasteiger partial charge in [-0.3, -0.25) is 0 Å². The Labute approximate surface area is 147 Å². The Balaban J connectivity index is 1.98. The molecule has 0 fully saturated rings. The maximum absolute atomic E-state index is 14.3. The number of aromatic hydroxyl groups is 1. The van der Waals surface area contributed by atoms with Crippen LogP contribution in [0, 0.1) is 29.9 Å². The van der Waals surface area contributed by atoms with Crippen LogP contribution in [0.4, 0.5) is 8.78 Å². The largest absolute Gasteiger partial charge is 0.508 e. The highest BCUT2D eigenvalue weighted by Crippen LogP contribution is 2.33. The second kappa shape index (κ2) is 7.07. The molecule has 0 spiro atoms. The number of hydrogen-bond donors (Lipinski definition) is 1. The van der Waals surface area contributed by atoms with Crippen molar-refractivity contribution in [2.45, 2.75) is 6.92 Å². The van der Waals surface area contributed by atoms with E-state index >= 15 is 0 Å². The molecule has 3 rings (SSSR count). The summed E-state index contributed by atoms with van der Waals surface area (Å²) in [5.74, 6) is -2.73. The summed E-state index contributed by atoms with van der Waals surface area (Å²) in [6, 6.07) is 13.6. The van der Waals surface area contributed by atoms with Crippen LogP contribution in [0.1, 0.15) is 11.1 Å². The van der Waals surface area contributed by atoms with Crippen molar-refractivity contribution in [2.75, 3.05) is 0 Å². The predicted octanol–water partition coefficient (Wildman–Crippen LogP) is 4.83. The molecule has 3 aromatic rings. The van der Waals surface area contributed by atoms with Crippen molar-refractivity contribution in [2.24, 2.45) is 0 Å². The Morgan fingerprint density at radius 3 is 2.12 bits per heavy atom. The molecule has 1 aromatic heterocycles. The molecule has 26 heavy (non-hydrogen) atoms. The van der Waals surface area contributed by atoms with Gasteiger partial charge in [-0.15, -0.1) is 0 Å². The number of hydrogen-bond acceptors (Lipinski definition) is 5. The number of rotatable bonds is 4. The molecule has 0 aliphatic carbocycles. The Kier molecular flexibility index (Phi) is 4.67. The molecule has 1 heterocycles. The van der Waals surface area contributed by atoms with Crippen molar-refractivity contribution in [3.8, 4) is 35.1 Å². The van der Waals surface area contributed by atoms with Gasteiger partial charge in [0.15, 0.2) is 11.6 Å². The van der Waals surface area contributed by atoms with Gasteiger partial charge in [0.25, 0.3) is 11.8 Å². The summed E-state index contributed by atoms with van der Waals surface area (Å²) >= 11 is 0. The summed E-state index contributed by atoms with van der Waals surface area (Å²) in [6.45, 7) is 1.22. The summed E-state index contributed by atoms with van der Waals surface area (Å²) in [7, 11) is 0. The fourth-order valence-corrected chi connectivity index (χ4v) is 2.14. The topological polar surface area (TPSA) is 75.4 Å². The van der Waals surface area contributed by atoms with E-state index < -0.39 is 23.4 Å².